The second kappa shape index (κ2) is 15.9. The van der Waals surface area contributed by atoms with Gasteiger partial charge in [-0.2, -0.15) is 0 Å². The van der Waals surface area contributed by atoms with Gasteiger partial charge in [-0.25, -0.2) is 0 Å². The number of allylic oxidation sites excluding steroid dienone is 2. The lowest BCUT2D eigenvalue weighted by Crippen LogP contribution is -2.28. The normalized spacial score (nSPS) is 14.4. The lowest BCUT2D eigenvalue weighted by Gasteiger charge is -2.26. The van der Waals surface area contributed by atoms with Crippen molar-refractivity contribution in [2.45, 2.75) is 104 Å². The molecule has 0 bridgehead atoms. The SMILES string of the molecule is CCCCCCCCOc1ccc(C2=CC=C(c3ccc(OCCCCCCCC)cc3)[Si]2(C)C)cc1. The van der Waals surface area contributed by atoms with E-state index < -0.39 is 8.07 Å². The van der Waals surface area contributed by atoms with Crippen molar-refractivity contribution in [3.05, 3.63) is 71.8 Å². The minimum Gasteiger partial charge on any atom is -0.494 e. The van der Waals surface area contributed by atoms with Crippen LogP contribution in [-0.2, 0) is 0 Å². The highest BCUT2D eigenvalue weighted by Crippen LogP contribution is 2.42. The Bertz CT molecular complexity index is 890. The van der Waals surface area contributed by atoms with Crippen LogP contribution in [-0.4, -0.2) is 21.3 Å². The number of benzene rings is 2. The first-order chi connectivity index (χ1) is 18.1. The van der Waals surface area contributed by atoms with Crippen LogP contribution < -0.4 is 9.47 Å². The fraction of sp³-hybridized carbons (Fsp3) is 0.529. The first kappa shape index (κ1) is 29.3. The van der Waals surface area contributed by atoms with Crippen LogP contribution in [0.1, 0.15) is 102 Å². The summed E-state index contributed by atoms with van der Waals surface area (Å²) < 4.78 is 12.0. The molecular formula is C34H50O2Si. The average molecular weight is 519 g/mol. The predicted octanol–water partition coefficient (Wildman–Crippen LogP) is 10.4. The molecular weight excluding hydrogens is 468 g/mol. The molecule has 2 nitrogen and oxygen atoms in total. The molecule has 2 aromatic rings. The molecule has 1 heterocycles. The van der Waals surface area contributed by atoms with E-state index >= 15 is 0 Å². The van der Waals surface area contributed by atoms with Gasteiger partial charge < -0.3 is 9.47 Å². The van der Waals surface area contributed by atoms with Gasteiger partial charge in [0.05, 0.1) is 13.2 Å². The number of rotatable bonds is 18. The first-order valence-electron chi connectivity index (χ1n) is 15.0. The summed E-state index contributed by atoms with van der Waals surface area (Å²) in [4.78, 5) is 0. The Hall–Kier alpha value is -2.26. The molecule has 3 rings (SSSR count). The second-order valence-corrected chi connectivity index (χ2v) is 15.4. The third-order valence-corrected chi connectivity index (χ3v) is 11.2. The summed E-state index contributed by atoms with van der Waals surface area (Å²) in [7, 11) is -1.77. The van der Waals surface area contributed by atoms with E-state index in [1.54, 1.807) is 0 Å². The minimum absolute atomic E-state index is 0.818. The summed E-state index contributed by atoms with van der Waals surface area (Å²) in [5, 5.41) is 2.99. The largest absolute Gasteiger partial charge is 0.494 e. The van der Waals surface area contributed by atoms with Crippen molar-refractivity contribution in [1.29, 1.82) is 0 Å². The molecule has 0 amide bonds. The Morgan fingerprint density at radius 1 is 0.486 bits per heavy atom. The Balaban J connectivity index is 1.46. The van der Waals surface area contributed by atoms with E-state index in [1.165, 1.54) is 85.7 Å². The zero-order valence-corrected chi connectivity index (χ0v) is 25.0. The Morgan fingerprint density at radius 3 is 1.22 bits per heavy atom. The summed E-state index contributed by atoms with van der Waals surface area (Å²) in [6.45, 7) is 11.1. The van der Waals surface area contributed by atoms with Gasteiger partial charge in [0, 0.05) is 0 Å². The van der Waals surface area contributed by atoms with Gasteiger partial charge in [0.25, 0.3) is 0 Å². The molecule has 0 atom stereocenters. The van der Waals surface area contributed by atoms with Gasteiger partial charge in [-0.05, 0) is 58.6 Å². The van der Waals surface area contributed by atoms with Crippen molar-refractivity contribution < 1.29 is 9.47 Å². The van der Waals surface area contributed by atoms with Crippen LogP contribution in [0.2, 0.25) is 13.1 Å². The van der Waals surface area contributed by atoms with Gasteiger partial charge in [-0.3, -0.25) is 0 Å². The van der Waals surface area contributed by atoms with Crippen LogP contribution in [0.5, 0.6) is 11.5 Å². The van der Waals surface area contributed by atoms with E-state index in [9.17, 15) is 0 Å². The van der Waals surface area contributed by atoms with Crippen molar-refractivity contribution in [2.75, 3.05) is 13.2 Å². The third-order valence-electron chi connectivity index (χ3n) is 7.63. The lowest BCUT2D eigenvalue weighted by atomic mass is 10.1. The highest BCUT2D eigenvalue weighted by atomic mass is 28.3. The van der Waals surface area contributed by atoms with E-state index in [-0.39, 0.29) is 0 Å². The van der Waals surface area contributed by atoms with Crippen LogP contribution in [0.15, 0.2) is 60.7 Å². The fourth-order valence-corrected chi connectivity index (χ4v) is 8.32. The molecule has 0 aliphatic carbocycles. The first-order valence-corrected chi connectivity index (χ1v) is 18.0. The molecule has 0 saturated heterocycles. The van der Waals surface area contributed by atoms with E-state index in [0.717, 1.165) is 37.6 Å². The van der Waals surface area contributed by atoms with Crippen LogP contribution in [0.25, 0.3) is 10.4 Å². The smallest absolute Gasteiger partial charge is 0.119 e. The maximum absolute atomic E-state index is 6.01. The molecule has 2 aromatic carbocycles. The number of ether oxygens (including phenoxy) is 2. The Morgan fingerprint density at radius 2 is 0.838 bits per heavy atom. The molecule has 1 aliphatic heterocycles. The molecule has 0 N–H and O–H groups in total. The standard InChI is InChI=1S/C34H50O2Si/c1-5-7-9-11-13-15-27-35-31-21-17-29(18-22-31)33-25-26-34(37(33,3)4)30-19-23-32(24-20-30)36-28-16-14-12-10-8-6-2/h17-26H,5-16,27-28H2,1-4H3. The van der Waals surface area contributed by atoms with Gasteiger partial charge >= 0.3 is 0 Å². The van der Waals surface area contributed by atoms with Crippen LogP contribution in [0, 0.1) is 0 Å². The molecule has 0 fully saturated rings. The topological polar surface area (TPSA) is 18.5 Å². The molecule has 0 unspecified atom stereocenters. The highest BCUT2D eigenvalue weighted by molar-refractivity contribution is 7.09. The van der Waals surface area contributed by atoms with Gasteiger partial charge in [-0.1, -0.05) is 128 Å². The summed E-state index contributed by atoms with van der Waals surface area (Å²) in [5.41, 5.74) is 2.66. The summed E-state index contributed by atoms with van der Waals surface area (Å²) in [5.74, 6) is 1.97. The van der Waals surface area contributed by atoms with Crippen LogP contribution in [0.3, 0.4) is 0 Å². The van der Waals surface area contributed by atoms with Gasteiger partial charge in [0.15, 0.2) is 0 Å². The maximum Gasteiger partial charge on any atom is 0.119 e. The molecule has 0 saturated carbocycles. The van der Waals surface area contributed by atoms with E-state index in [4.69, 9.17) is 9.47 Å². The monoisotopic (exact) mass is 518 g/mol. The van der Waals surface area contributed by atoms with E-state index in [1.807, 2.05) is 0 Å². The zero-order chi connectivity index (χ0) is 26.3. The zero-order valence-electron chi connectivity index (χ0n) is 24.0. The molecule has 202 valence electrons. The van der Waals surface area contributed by atoms with Crippen molar-refractivity contribution in [1.82, 2.24) is 0 Å². The molecule has 3 heteroatoms. The highest BCUT2D eigenvalue weighted by Gasteiger charge is 2.35. The summed E-state index contributed by atoms with van der Waals surface area (Å²) in [6.07, 6.45) is 20.2. The lowest BCUT2D eigenvalue weighted by molar-refractivity contribution is 0.304. The molecule has 37 heavy (non-hydrogen) atoms. The second-order valence-electron chi connectivity index (χ2n) is 11.1. The van der Waals surface area contributed by atoms with Gasteiger partial charge in [0.1, 0.15) is 19.6 Å². The van der Waals surface area contributed by atoms with E-state index in [0.29, 0.717) is 0 Å². The number of hydrogen-bond acceptors (Lipinski definition) is 2. The predicted molar refractivity (Wildman–Crippen MR) is 164 cm³/mol. The number of unbranched alkanes of at least 4 members (excludes halogenated alkanes) is 10. The van der Waals surface area contributed by atoms with Crippen molar-refractivity contribution in [3.8, 4) is 11.5 Å². The quantitative estimate of drug-likeness (QED) is 0.144. The van der Waals surface area contributed by atoms with Gasteiger partial charge in [0.2, 0.25) is 0 Å². The molecule has 0 aromatic heterocycles. The molecule has 0 spiro atoms. The maximum atomic E-state index is 6.01. The summed E-state index contributed by atoms with van der Waals surface area (Å²) >= 11 is 0. The van der Waals surface area contributed by atoms with Crippen LogP contribution >= 0.6 is 0 Å². The van der Waals surface area contributed by atoms with Crippen LogP contribution in [0.4, 0.5) is 0 Å². The fourth-order valence-electron chi connectivity index (χ4n) is 5.25. The van der Waals surface area contributed by atoms with Crippen molar-refractivity contribution >= 4 is 18.5 Å². The third kappa shape index (κ3) is 9.21. The molecule has 0 radical (unpaired) electrons. The average Bonchev–Trinajstić information content (AvgIpc) is 3.22. The summed E-state index contributed by atoms with van der Waals surface area (Å²) in [6, 6.07) is 17.6. The van der Waals surface area contributed by atoms with Crippen molar-refractivity contribution in [2.24, 2.45) is 0 Å². The van der Waals surface area contributed by atoms with E-state index in [2.05, 4.69) is 87.6 Å². The van der Waals surface area contributed by atoms with Crippen molar-refractivity contribution in [3.63, 3.8) is 0 Å². The Labute approximate surface area is 228 Å². The molecule has 1 aliphatic rings. The minimum atomic E-state index is -1.77. The number of hydrogen-bond donors (Lipinski definition) is 0. The van der Waals surface area contributed by atoms with Gasteiger partial charge in [-0.15, -0.1) is 0 Å². The Kier molecular flexibility index (Phi) is 12.6.